The van der Waals surface area contributed by atoms with Crippen molar-refractivity contribution >= 4 is 29.0 Å². The van der Waals surface area contributed by atoms with E-state index in [4.69, 9.17) is 5.73 Å². The van der Waals surface area contributed by atoms with Gasteiger partial charge in [0.25, 0.3) is 5.56 Å². The van der Waals surface area contributed by atoms with Crippen LogP contribution >= 0.6 is 12.4 Å². The summed E-state index contributed by atoms with van der Waals surface area (Å²) in [5, 5.41) is 0.253. The van der Waals surface area contributed by atoms with Crippen LogP contribution in [0.3, 0.4) is 0 Å². The number of hydrogen-bond donors (Lipinski definition) is 2. The number of hydrogen-bond acceptors (Lipinski definition) is 4. The maximum atomic E-state index is 15.0. The van der Waals surface area contributed by atoms with Crippen LogP contribution in [0.2, 0.25) is 0 Å². The van der Waals surface area contributed by atoms with Crippen molar-refractivity contribution in [2.75, 3.05) is 18.0 Å². The molecule has 2 aliphatic carbocycles. The molecule has 1 saturated heterocycles. The van der Waals surface area contributed by atoms with Crippen LogP contribution < -0.4 is 21.9 Å². The molecule has 1 aliphatic heterocycles. The van der Waals surface area contributed by atoms with Crippen molar-refractivity contribution in [3.8, 4) is 0 Å². The molecule has 2 aromatic rings. The van der Waals surface area contributed by atoms with Crippen molar-refractivity contribution in [2.45, 2.75) is 50.6 Å². The highest BCUT2D eigenvalue weighted by Crippen LogP contribution is 2.45. The lowest BCUT2D eigenvalue weighted by Crippen LogP contribution is -2.35. The van der Waals surface area contributed by atoms with Gasteiger partial charge in [-0.05, 0) is 51.0 Å². The number of aromatic amines is 1. The molecule has 5 rings (SSSR count). The summed E-state index contributed by atoms with van der Waals surface area (Å²) >= 11 is 0. The molecule has 2 heterocycles. The molecule has 8 heteroatoms. The van der Waals surface area contributed by atoms with Crippen LogP contribution in [-0.4, -0.2) is 28.2 Å². The molecule has 6 nitrogen and oxygen atoms in total. The summed E-state index contributed by atoms with van der Waals surface area (Å²) in [6.07, 6.45) is 4.87. The van der Waals surface area contributed by atoms with Crippen molar-refractivity contribution in [1.82, 2.24) is 9.55 Å². The monoisotopic (exact) mass is 394 g/mol. The van der Waals surface area contributed by atoms with Crippen LogP contribution in [0.25, 0.3) is 10.9 Å². The second-order valence-electron chi connectivity index (χ2n) is 8.25. The largest absolute Gasteiger partial charge is 0.369 e. The fourth-order valence-electron chi connectivity index (χ4n) is 4.62. The van der Waals surface area contributed by atoms with Gasteiger partial charge in [-0.25, -0.2) is 9.18 Å². The Hall–Kier alpha value is -1.86. The highest BCUT2D eigenvalue weighted by Gasteiger charge is 2.48. The van der Waals surface area contributed by atoms with E-state index in [-0.39, 0.29) is 29.4 Å². The molecular weight excluding hydrogens is 371 g/mol. The Morgan fingerprint density at radius 3 is 2.59 bits per heavy atom. The summed E-state index contributed by atoms with van der Waals surface area (Å²) in [5.41, 5.74) is 7.13. The Morgan fingerprint density at radius 2 is 1.96 bits per heavy atom. The minimum atomic E-state index is -0.520. The highest BCUT2D eigenvalue weighted by atomic mass is 35.5. The van der Waals surface area contributed by atoms with Gasteiger partial charge in [-0.1, -0.05) is 0 Å². The van der Waals surface area contributed by atoms with E-state index >= 15 is 0 Å². The van der Waals surface area contributed by atoms with Gasteiger partial charge < -0.3 is 10.6 Å². The minimum Gasteiger partial charge on any atom is -0.369 e. The van der Waals surface area contributed by atoms with Gasteiger partial charge in [0, 0.05) is 30.2 Å². The number of H-pyrrole nitrogens is 1. The maximum absolute atomic E-state index is 15.0. The lowest BCUT2D eigenvalue weighted by Gasteiger charge is -2.25. The minimum absolute atomic E-state index is 0. The normalized spacial score (nSPS) is 23.5. The van der Waals surface area contributed by atoms with E-state index in [0.29, 0.717) is 22.7 Å². The predicted molar refractivity (Wildman–Crippen MR) is 106 cm³/mol. The number of nitrogens with one attached hydrogen (secondary N) is 1. The Bertz CT molecular complexity index is 1040. The van der Waals surface area contributed by atoms with Gasteiger partial charge in [0.05, 0.1) is 16.6 Å². The molecule has 3 N–H and O–H groups in total. The van der Waals surface area contributed by atoms with Crippen LogP contribution in [0, 0.1) is 18.7 Å². The molecule has 0 radical (unpaired) electrons. The zero-order valence-electron chi connectivity index (χ0n) is 15.3. The Kier molecular flexibility index (Phi) is 4.16. The number of rotatable bonds is 3. The quantitative estimate of drug-likeness (QED) is 0.836. The molecule has 0 bridgehead atoms. The highest BCUT2D eigenvalue weighted by molar-refractivity contribution is 5.87. The van der Waals surface area contributed by atoms with Gasteiger partial charge in [0.15, 0.2) is 0 Å². The van der Waals surface area contributed by atoms with Gasteiger partial charge in [-0.15, -0.1) is 12.4 Å². The van der Waals surface area contributed by atoms with Crippen molar-refractivity contribution in [3.05, 3.63) is 38.3 Å². The standard InChI is InChI=1S/C19H23FN4O2.ClH/c1-10-15-13(17(25)22-18(26)24(15)12-2-3-12)8-14(20)16(10)23-7-4-11(9-23)19(21)5-6-19;/h8,11-12H,2-7,9,21H2,1H3,(H,22,25,26);1H. The summed E-state index contributed by atoms with van der Waals surface area (Å²) in [7, 11) is 0. The molecular formula is C19H24ClFN4O2. The number of aromatic nitrogens is 2. The number of halogens is 2. The molecule has 0 amide bonds. The smallest absolute Gasteiger partial charge is 0.329 e. The predicted octanol–water partition coefficient (Wildman–Crippen LogP) is 2.21. The third-order valence-electron chi connectivity index (χ3n) is 6.44. The van der Waals surface area contributed by atoms with Crippen LogP contribution in [0.1, 0.15) is 43.7 Å². The number of nitrogens with zero attached hydrogens (tertiary/aromatic N) is 2. The van der Waals surface area contributed by atoms with Crippen LogP contribution in [0.4, 0.5) is 10.1 Å². The zero-order chi connectivity index (χ0) is 18.2. The van der Waals surface area contributed by atoms with E-state index in [9.17, 15) is 14.0 Å². The average Bonchev–Trinajstić information content (AvgIpc) is 3.50. The Balaban J connectivity index is 0.00000180. The van der Waals surface area contributed by atoms with Crippen molar-refractivity contribution in [1.29, 1.82) is 0 Å². The summed E-state index contributed by atoms with van der Waals surface area (Å²) in [5.74, 6) is -0.0224. The number of fused-ring (bicyclic) bond motifs is 1. The molecule has 2 saturated carbocycles. The molecule has 1 aromatic heterocycles. The molecule has 1 unspecified atom stereocenters. The number of benzene rings is 1. The second kappa shape index (κ2) is 6.07. The lowest BCUT2D eigenvalue weighted by molar-refractivity contribution is 0.442. The first kappa shape index (κ1) is 18.5. The average molecular weight is 395 g/mol. The fourth-order valence-corrected chi connectivity index (χ4v) is 4.62. The van der Waals surface area contributed by atoms with Crippen LogP contribution in [0.5, 0.6) is 0 Å². The summed E-state index contributed by atoms with van der Waals surface area (Å²) in [6, 6.07) is 1.39. The van der Waals surface area contributed by atoms with Gasteiger partial charge in [0.1, 0.15) is 5.82 Å². The van der Waals surface area contributed by atoms with Gasteiger partial charge >= 0.3 is 5.69 Å². The van der Waals surface area contributed by atoms with Crippen molar-refractivity contribution < 1.29 is 4.39 Å². The lowest BCUT2D eigenvalue weighted by atomic mass is 9.97. The third-order valence-corrected chi connectivity index (χ3v) is 6.44. The molecule has 1 aromatic carbocycles. The molecule has 0 spiro atoms. The zero-order valence-corrected chi connectivity index (χ0v) is 16.1. The topological polar surface area (TPSA) is 84.1 Å². The van der Waals surface area contributed by atoms with E-state index in [1.165, 1.54) is 6.07 Å². The van der Waals surface area contributed by atoms with Gasteiger partial charge in [0.2, 0.25) is 0 Å². The number of nitrogens with two attached hydrogens (primary N) is 1. The second-order valence-corrected chi connectivity index (χ2v) is 8.25. The van der Waals surface area contributed by atoms with Gasteiger partial charge in [-0.2, -0.15) is 0 Å². The van der Waals surface area contributed by atoms with E-state index in [1.54, 1.807) is 4.57 Å². The summed E-state index contributed by atoms with van der Waals surface area (Å²) in [4.78, 5) is 29.0. The van der Waals surface area contributed by atoms with E-state index in [1.807, 2.05) is 11.8 Å². The fraction of sp³-hybridized carbons (Fsp3) is 0.579. The Labute approximate surface area is 162 Å². The number of anilines is 1. The maximum Gasteiger partial charge on any atom is 0.329 e. The van der Waals surface area contributed by atoms with Crippen molar-refractivity contribution in [3.63, 3.8) is 0 Å². The van der Waals surface area contributed by atoms with Crippen LogP contribution in [0.15, 0.2) is 15.7 Å². The molecule has 146 valence electrons. The van der Waals surface area contributed by atoms with Gasteiger partial charge in [-0.3, -0.25) is 14.3 Å². The summed E-state index contributed by atoms with van der Waals surface area (Å²) < 4.78 is 16.6. The SMILES string of the molecule is Cc1c(N2CCC(C3(N)CC3)C2)c(F)cc2c(=O)[nH]c(=O)n(C3CC3)c12.Cl. The molecule has 3 fully saturated rings. The molecule has 27 heavy (non-hydrogen) atoms. The van der Waals surface area contributed by atoms with Crippen LogP contribution in [-0.2, 0) is 0 Å². The van der Waals surface area contributed by atoms with Crippen molar-refractivity contribution in [2.24, 2.45) is 11.7 Å². The third kappa shape index (κ3) is 2.79. The van der Waals surface area contributed by atoms with E-state index in [0.717, 1.165) is 45.2 Å². The molecule has 1 atom stereocenters. The first-order chi connectivity index (χ1) is 12.4. The molecule has 3 aliphatic rings. The van der Waals surface area contributed by atoms with E-state index < -0.39 is 17.1 Å². The first-order valence-electron chi connectivity index (χ1n) is 9.40. The summed E-state index contributed by atoms with van der Waals surface area (Å²) in [6.45, 7) is 3.31. The Morgan fingerprint density at radius 1 is 1.26 bits per heavy atom. The number of aryl methyl sites for hydroxylation is 1. The first-order valence-corrected chi connectivity index (χ1v) is 9.40. The van der Waals surface area contributed by atoms with E-state index in [2.05, 4.69) is 4.98 Å².